The summed E-state index contributed by atoms with van der Waals surface area (Å²) in [6.45, 7) is 6.69. The van der Waals surface area contributed by atoms with Crippen molar-refractivity contribution in [1.82, 2.24) is 4.98 Å². The number of anilines is 1. The van der Waals surface area contributed by atoms with Gasteiger partial charge in [0.15, 0.2) is 0 Å². The Bertz CT molecular complexity index is 621. The Labute approximate surface area is 120 Å². The van der Waals surface area contributed by atoms with Crippen molar-refractivity contribution >= 4 is 16.7 Å². The van der Waals surface area contributed by atoms with Crippen LogP contribution in [0, 0.1) is 5.41 Å². The summed E-state index contributed by atoms with van der Waals surface area (Å²) in [5.41, 5.74) is 2.25. The monoisotopic (exact) mass is 270 g/mol. The molecular weight excluding hydrogens is 248 g/mol. The van der Waals surface area contributed by atoms with E-state index in [4.69, 9.17) is 4.98 Å². The van der Waals surface area contributed by atoms with Crippen LogP contribution in [0.3, 0.4) is 0 Å². The number of benzene rings is 1. The molecule has 0 spiro atoms. The highest BCUT2D eigenvalue weighted by molar-refractivity contribution is 5.81. The fraction of sp³-hybridized carbons (Fsp3) is 0.471. The van der Waals surface area contributed by atoms with E-state index < -0.39 is 0 Å². The lowest BCUT2D eigenvalue weighted by molar-refractivity contribution is 0.275. The van der Waals surface area contributed by atoms with E-state index in [1.54, 1.807) is 0 Å². The van der Waals surface area contributed by atoms with Gasteiger partial charge in [0.05, 0.1) is 12.1 Å². The Balaban J connectivity index is 2.05. The Hall–Kier alpha value is -1.61. The number of aromatic nitrogens is 1. The van der Waals surface area contributed by atoms with Gasteiger partial charge in [-0.1, -0.05) is 32.0 Å². The molecule has 3 rings (SSSR count). The Kier molecular flexibility index (Phi) is 3.38. The first kappa shape index (κ1) is 13.4. The van der Waals surface area contributed by atoms with Crippen molar-refractivity contribution in [3.05, 3.63) is 35.9 Å². The number of piperidine rings is 1. The molecule has 2 aromatic rings. The Morgan fingerprint density at radius 1 is 1.30 bits per heavy atom. The van der Waals surface area contributed by atoms with E-state index in [1.807, 2.05) is 24.3 Å². The van der Waals surface area contributed by atoms with Crippen molar-refractivity contribution in [3.63, 3.8) is 0 Å². The molecule has 3 heteroatoms. The lowest BCUT2D eigenvalue weighted by Crippen LogP contribution is -2.41. The standard InChI is InChI=1S/C17H22N2O/c1-17(2)8-5-9-19(12-17)16-14(11-20)10-13-6-3-4-7-15(13)18-16/h3-4,6-7,10,20H,5,8-9,11-12H2,1-2H3. The van der Waals surface area contributed by atoms with Crippen LogP contribution in [0.2, 0.25) is 0 Å². The molecule has 2 heterocycles. The number of pyridine rings is 1. The van der Waals surface area contributed by atoms with E-state index in [0.29, 0.717) is 5.41 Å². The van der Waals surface area contributed by atoms with Gasteiger partial charge in [0.1, 0.15) is 5.82 Å². The lowest BCUT2D eigenvalue weighted by atomic mass is 9.84. The van der Waals surface area contributed by atoms with Crippen LogP contribution in [-0.4, -0.2) is 23.2 Å². The molecule has 106 valence electrons. The molecule has 1 aromatic heterocycles. The predicted octanol–water partition coefficient (Wildman–Crippen LogP) is 3.35. The van der Waals surface area contributed by atoms with Gasteiger partial charge in [0.25, 0.3) is 0 Å². The van der Waals surface area contributed by atoms with Gasteiger partial charge in [0.2, 0.25) is 0 Å². The largest absolute Gasteiger partial charge is 0.392 e. The van der Waals surface area contributed by atoms with Crippen molar-refractivity contribution in [2.45, 2.75) is 33.3 Å². The van der Waals surface area contributed by atoms with Crippen molar-refractivity contribution in [2.75, 3.05) is 18.0 Å². The maximum absolute atomic E-state index is 9.67. The van der Waals surface area contributed by atoms with Crippen LogP contribution in [0.25, 0.3) is 10.9 Å². The second-order valence-electron chi connectivity index (χ2n) is 6.51. The minimum absolute atomic E-state index is 0.0457. The van der Waals surface area contributed by atoms with Crippen LogP contribution < -0.4 is 4.90 Å². The van der Waals surface area contributed by atoms with Gasteiger partial charge >= 0.3 is 0 Å². The SMILES string of the molecule is CC1(C)CCCN(c2nc3ccccc3cc2CO)C1. The van der Waals surface area contributed by atoms with Crippen LogP contribution in [-0.2, 0) is 6.61 Å². The fourth-order valence-electron chi connectivity index (χ4n) is 3.14. The van der Waals surface area contributed by atoms with Gasteiger partial charge in [0, 0.05) is 24.0 Å². The van der Waals surface area contributed by atoms with Crippen LogP contribution in [0.1, 0.15) is 32.3 Å². The number of aliphatic hydroxyl groups is 1. The smallest absolute Gasteiger partial charge is 0.134 e. The number of hydrogen-bond donors (Lipinski definition) is 1. The minimum atomic E-state index is 0.0457. The van der Waals surface area contributed by atoms with Crippen LogP contribution in [0.5, 0.6) is 0 Å². The van der Waals surface area contributed by atoms with Gasteiger partial charge in [-0.15, -0.1) is 0 Å². The zero-order chi connectivity index (χ0) is 14.2. The number of hydrogen-bond acceptors (Lipinski definition) is 3. The van der Waals surface area contributed by atoms with Crippen LogP contribution in [0.4, 0.5) is 5.82 Å². The normalized spacial score (nSPS) is 18.4. The summed E-state index contributed by atoms with van der Waals surface area (Å²) >= 11 is 0. The summed E-state index contributed by atoms with van der Waals surface area (Å²) in [6.07, 6.45) is 2.44. The average Bonchev–Trinajstić information content (AvgIpc) is 2.44. The third kappa shape index (κ3) is 2.50. The highest BCUT2D eigenvalue weighted by Crippen LogP contribution is 2.33. The summed E-state index contributed by atoms with van der Waals surface area (Å²) in [4.78, 5) is 7.14. The van der Waals surface area contributed by atoms with E-state index in [2.05, 4.69) is 24.8 Å². The molecule has 0 amide bonds. The molecule has 1 aromatic carbocycles. The molecule has 1 saturated heterocycles. The third-order valence-corrected chi connectivity index (χ3v) is 4.15. The molecule has 20 heavy (non-hydrogen) atoms. The first-order valence-electron chi connectivity index (χ1n) is 7.33. The summed E-state index contributed by atoms with van der Waals surface area (Å²) in [6, 6.07) is 10.2. The Morgan fingerprint density at radius 2 is 2.10 bits per heavy atom. The van der Waals surface area contributed by atoms with Crippen LogP contribution in [0.15, 0.2) is 30.3 Å². The molecule has 0 aliphatic carbocycles. The summed E-state index contributed by atoms with van der Waals surface area (Å²) in [5.74, 6) is 0.957. The van der Waals surface area contributed by atoms with Gasteiger partial charge in [-0.25, -0.2) is 4.98 Å². The van der Waals surface area contributed by atoms with E-state index in [9.17, 15) is 5.11 Å². The molecule has 1 aliphatic rings. The average molecular weight is 270 g/mol. The highest BCUT2D eigenvalue weighted by Gasteiger charge is 2.28. The maximum atomic E-state index is 9.67. The lowest BCUT2D eigenvalue weighted by Gasteiger charge is -2.39. The van der Waals surface area contributed by atoms with Crippen molar-refractivity contribution in [1.29, 1.82) is 0 Å². The number of nitrogens with zero attached hydrogens (tertiary/aromatic N) is 2. The number of aliphatic hydroxyl groups excluding tert-OH is 1. The highest BCUT2D eigenvalue weighted by atomic mass is 16.3. The summed E-state index contributed by atoms with van der Waals surface area (Å²) in [7, 11) is 0. The van der Waals surface area contributed by atoms with Crippen molar-refractivity contribution in [2.24, 2.45) is 5.41 Å². The molecule has 3 nitrogen and oxygen atoms in total. The molecule has 1 N–H and O–H groups in total. The maximum Gasteiger partial charge on any atom is 0.134 e. The first-order valence-corrected chi connectivity index (χ1v) is 7.33. The van der Waals surface area contributed by atoms with E-state index >= 15 is 0 Å². The quantitative estimate of drug-likeness (QED) is 0.909. The third-order valence-electron chi connectivity index (χ3n) is 4.15. The van der Waals surface area contributed by atoms with Gasteiger partial charge in [-0.05, 0) is 30.4 Å². The molecule has 0 atom stereocenters. The van der Waals surface area contributed by atoms with Crippen molar-refractivity contribution < 1.29 is 5.11 Å². The molecule has 0 radical (unpaired) electrons. The zero-order valence-electron chi connectivity index (χ0n) is 12.3. The zero-order valence-corrected chi connectivity index (χ0v) is 12.3. The van der Waals surface area contributed by atoms with E-state index in [-0.39, 0.29) is 6.61 Å². The van der Waals surface area contributed by atoms with Crippen molar-refractivity contribution in [3.8, 4) is 0 Å². The number of para-hydroxylation sites is 1. The molecule has 0 unspecified atom stereocenters. The summed E-state index contributed by atoms with van der Waals surface area (Å²) in [5, 5.41) is 10.8. The molecule has 1 aliphatic heterocycles. The fourth-order valence-corrected chi connectivity index (χ4v) is 3.14. The minimum Gasteiger partial charge on any atom is -0.392 e. The number of rotatable bonds is 2. The molecule has 0 bridgehead atoms. The van der Waals surface area contributed by atoms with Crippen LogP contribution >= 0.6 is 0 Å². The molecule has 0 saturated carbocycles. The predicted molar refractivity (Wildman–Crippen MR) is 82.9 cm³/mol. The summed E-state index contributed by atoms with van der Waals surface area (Å²) < 4.78 is 0. The second-order valence-corrected chi connectivity index (χ2v) is 6.51. The van der Waals surface area contributed by atoms with Gasteiger partial charge in [-0.2, -0.15) is 0 Å². The van der Waals surface area contributed by atoms with E-state index in [1.165, 1.54) is 12.8 Å². The Morgan fingerprint density at radius 3 is 2.85 bits per heavy atom. The topological polar surface area (TPSA) is 36.4 Å². The van der Waals surface area contributed by atoms with E-state index in [0.717, 1.165) is 35.4 Å². The molecule has 1 fully saturated rings. The molecular formula is C17H22N2O. The first-order chi connectivity index (χ1) is 9.59. The van der Waals surface area contributed by atoms with Gasteiger partial charge < -0.3 is 10.0 Å². The van der Waals surface area contributed by atoms with Gasteiger partial charge in [-0.3, -0.25) is 0 Å². The number of fused-ring (bicyclic) bond motifs is 1. The second kappa shape index (κ2) is 5.06.